The quantitative estimate of drug-likeness (QED) is 0.813. The van der Waals surface area contributed by atoms with E-state index in [0.29, 0.717) is 17.1 Å². The number of ether oxygens (including phenoxy) is 3. The fourth-order valence-corrected chi connectivity index (χ4v) is 2.45. The van der Waals surface area contributed by atoms with Crippen LogP contribution in [-0.4, -0.2) is 39.2 Å². The maximum Gasteiger partial charge on any atom is 0.254 e. The fraction of sp³-hybridized carbons (Fsp3) is 0.316. The lowest BCUT2D eigenvalue weighted by molar-refractivity contribution is 0.0742. The van der Waals surface area contributed by atoms with Crippen LogP contribution < -0.4 is 14.2 Å². The highest BCUT2D eigenvalue weighted by Gasteiger charge is 2.20. The molecular weight excluding hydrogens is 306 g/mol. The molecule has 2 aromatic rings. The summed E-state index contributed by atoms with van der Waals surface area (Å²) in [5.74, 6) is 1.84. The summed E-state index contributed by atoms with van der Waals surface area (Å²) < 4.78 is 15.6. The summed E-state index contributed by atoms with van der Waals surface area (Å²) in [5, 5.41) is 0. The van der Waals surface area contributed by atoms with Crippen molar-refractivity contribution in [2.24, 2.45) is 0 Å². The first-order valence-corrected chi connectivity index (χ1v) is 7.65. The molecule has 1 unspecified atom stereocenters. The maximum atomic E-state index is 12.8. The maximum absolute atomic E-state index is 12.8. The van der Waals surface area contributed by atoms with E-state index in [-0.39, 0.29) is 11.9 Å². The average Bonchev–Trinajstić information content (AvgIpc) is 2.65. The predicted molar refractivity (Wildman–Crippen MR) is 93.0 cm³/mol. The zero-order valence-electron chi connectivity index (χ0n) is 14.7. The van der Waals surface area contributed by atoms with Crippen LogP contribution in [-0.2, 0) is 0 Å². The van der Waals surface area contributed by atoms with Crippen molar-refractivity contribution in [3.8, 4) is 17.2 Å². The van der Waals surface area contributed by atoms with Crippen LogP contribution in [0.1, 0.15) is 28.9 Å². The molecule has 0 heterocycles. The van der Waals surface area contributed by atoms with Crippen LogP contribution in [0.3, 0.4) is 0 Å². The minimum absolute atomic E-state index is 0.0727. The van der Waals surface area contributed by atoms with Crippen LogP contribution in [0.2, 0.25) is 0 Å². The molecule has 0 aliphatic carbocycles. The van der Waals surface area contributed by atoms with Crippen molar-refractivity contribution in [3.63, 3.8) is 0 Å². The topological polar surface area (TPSA) is 48.0 Å². The molecule has 0 spiro atoms. The minimum Gasteiger partial charge on any atom is -0.497 e. The number of methoxy groups -OCH3 is 3. The number of hydrogen-bond donors (Lipinski definition) is 0. The van der Waals surface area contributed by atoms with E-state index in [1.165, 1.54) is 0 Å². The molecule has 128 valence electrons. The highest BCUT2D eigenvalue weighted by Crippen LogP contribution is 2.29. The van der Waals surface area contributed by atoms with Gasteiger partial charge in [0.05, 0.1) is 27.4 Å². The number of carbonyl (C=O) groups excluding carboxylic acids is 1. The molecule has 1 atom stereocenters. The molecule has 0 saturated heterocycles. The minimum atomic E-state index is -0.0840. The third kappa shape index (κ3) is 3.62. The van der Waals surface area contributed by atoms with Crippen LogP contribution in [0.5, 0.6) is 17.2 Å². The standard InChI is InChI=1S/C19H23NO4/c1-13(14-6-9-16(22-3)10-7-14)20(2)19(21)15-8-11-17(23-4)18(12-15)24-5/h6-13H,1-5H3. The second-order valence-electron chi connectivity index (χ2n) is 5.43. The Hall–Kier alpha value is -2.69. The third-order valence-electron chi connectivity index (χ3n) is 4.13. The van der Waals surface area contributed by atoms with E-state index >= 15 is 0 Å². The molecule has 0 radical (unpaired) electrons. The van der Waals surface area contributed by atoms with Gasteiger partial charge in [0.1, 0.15) is 5.75 Å². The molecule has 0 fully saturated rings. The van der Waals surface area contributed by atoms with Crippen LogP contribution in [0.4, 0.5) is 0 Å². The molecule has 0 saturated carbocycles. The van der Waals surface area contributed by atoms with Crippen LogP contribution >= 0.6 is 0 Å². The molecule has 0 aromatic heterocycles. The first-order valence-electron chi connectivity index (χ1n) is 7.65. The lowest BCUT2D eigenvalue weighted by Crippen LogP contribution is -2.29. The number of amides is 1. The van der Waals surface area contributed by atoms with Crippen molar-refractivity contribution in [1.82, 2.24) is 4.90 Å². The van der Waals surface area contributed by atoms with E-state index in [1.807, 2.05) is 31.2 Å². The number of carbonyl (C=O) groups is 1. The molecule has 0 bridgehead atoms. The SMILES string of the molecule is COc1ccc(C(C)N(C)C(=O)c2ccc(OC)c(OC)c2)cc1. The first-order chi connectivity index (χ1) is 11.5. The zero-order valence-corrected chi connectivity index (χ0v) is 14.7. The highest BCUT2D eigenvalue weighted by atomic mass is 16.5. The second-order valence-corrected chi connectivity index (χ2v) is 5.43. The molecular formula is C19H23NO4. The van der Waals surface area contributed by atoms with Gasteiger partial charge in [-0.3, -0.25) is 4.79 Å². The molecule has 0 aliphatic heterocycles. The summed E-state index contributed by atoms with van der Waals surface area (Å²) in [5.41, 5.74) is 1.59. The van der Waals surface area contributed by atoms with Crippen molar-refractivity contribution in [1.29, 1.82) is 0 Å². The van der Waals surface area contributed by atoms with Gasteiger partial charge in [0.15, 0.2) is 11.5 Å². The Kier molecular flexibility index (Phi) is 5.68. The molecule has 0 aliphatic rings. The van der Waals surface area contributed by atoms with Crippen molar-refractivity contribution in [3.05, 3.63) is 53.6 Å². The summed E-state index contributed by atoms with van der Waals surface area (Å²) in [7, 11) is 6.53. The Balaban J connectivity index is 2.21. The Morgan fingerprint density at radius 3 is 2.08 bits per heavy atom. The van der Waals surface area contributed by atoms with Gasteiger partial charge in [-0.05, 0) is 42.8 Å². The molecule has 0 N–H and O–H groups in total. The van der Waals surface area contributed by atoms with E-state index in [2.05, 4.69) is 0 Å². The van der Waals surface area contributed by atoms with Crippen molar-refractivity contribution >= 4 is 5.91 Å². The second kappa shape index (κ2) is 7.73. The van der Waals surface area contributed by atoms with E-state index in [4.69, 9.17) is 14.2 Å². The Labute approximate surface area is 142 Å². The van der Waals surface area contributed by atoms with Crippen LogP contribution in [0.25, 0.3) is 0 Å². The lowest BCUT2D eigenvalue weighted by Gasteiger charge is -2.26. The molecule has 5 heteroatoms. The summed E-state index contributed by atoms with van der Waals surface area (Å²) in [4.78, 5) is 14.5. The van der Waals surface area contributed by atoms with Gasteiger partial charge in [-0.2, -0.15) is 0 Å². The van der Waals surface area contributed by atoms with Crippen LogP contribution in [0, 0.1) is 0 Å². The molecule has 2 rings (SSSR count). The first kappa shape index (κ1) is 17.7. The Morgan fingerprint density at radius 1 is 0.917 bits per heavy atom. The number of benzene rings is 2. The fourth-order valence-electron chi connectivity index (χ4n) is 2.45. The normalized spacial score (nSPS) is 11.5. The molecule has 2 aromatic carbocycles. The monoisotopic (exact) mass is 329 g/mol. The average molecular weight is 329 g/mol. The summed E-state index contributed by atoms with van der Waals surface area (Å²) in [6.07, 6.45) is 0. The van der Waals surface area contributed by atoms with E-state index in [9.17, 15) is 4.79 Å². The van der Waals surface area contributed by atoms with Gasteiger partial charge in [-0.25, -0.2) is 0 Å². The van der Waals surface area contributed by atoms with Gasteiger partial charge in [-0.1, -0.05) is 12.1 Å². The largest absolute Gasteiger partial charge is 0.497 e. The molecule has 24 heavy (non-hydrogen) atoms. The van der Waals surface area contributed by atoms with E-state index in [0.717, 1.165) is 11.3 Å². The summed E-state index contributed by atoms with van der Waals surface area (Å²) >= 11 is 0. The van der Waals surface area contributed by atoms with Crippen LogP contribution in [0.15, 0.2) is 42.5 Å². The predicted octanol–water partition coefficient (Wildman–Crippen LogP) is 3.55. The summed E-state index contributed by atoms with van der Waals surface area (Å²) in [6.45, 7) is 1.99. The van der Waals surface area contributed by atoms with Crippen molar-refractivity contribution < 1.29 is 19.0 Å². The molecule has 5 nitrogen and oxygen atoms in total. The van der Waals surface area contributed by atoms with E-state index < -0.39 is 0 Å². The highest BCUT2D eigenvalue weighted by molar-refractivity contribution is 5.95. The number of nitrogens with zero attached hydrogens (tertiary/aromatic N) is 1. The summed E-state index contributed by atoms with van der Waals surface area (Å²) in [6, 6.07) is 12.8. The smallest absolute Gasteiger partial charge is 0.254 e. The van der Waals surface area contributed by atoms with Crippen molar-refractivity contribution in [2.75, 3.05) is 28.4 Å². The molecule has 1 amide bonds. The van der Waals surface area contributed by atoms with Gasteiger partial charge >= 0.3 is 0 Å². The van der Waals surface area contributed by atoms with E-state index in [1.54, 1.807) is 51.5 Å². The zero-order chi connectivity index (χ0) is 17.7. The van der Waals surface area contributed by atoms with Gasteiger partial charge in [0.2, 0.25) is 0 Å². The number of hydrogen-bond acceptors (Lipinski definition) is 4. The van der Waals surface area contributed by atoms with Gasteiger partial charge in [0.25, 0.3) is 5.91 Å². The van der Waals surface area contributed by atoms with Gasteiger partial charge in [0, 0.05) is 12.6 Å². The Morgan fingerprint density at radius 2 is 1.54 bits per heavy atom. The van der Waals surface area contributed by atoms with Crippen molar-refractivity contribution in [2.45, 2.75) is 13.0 Å². The lowest BCUT2D eigenvalue weighted by atomic mass is 10.1. The van der Waals surface area contributed by atoms with Gasteiger partial charge < -0.3 is 19.1 Å². The third-order valence-corrected chi connectivity index (χ3v) is 4.13. The Bertz CT molecular complexity index is 697. The number of rotatable bonds is 6. The van der Waals surface area contributed by atoms with Gasteiger partial charge in [-0.15, -0.1) is 0 Å².